The first kappa shape index (κ1) is 15.8. The number of anilines is 2. The SMILES string of the molecule is CCCn1nc(C)c(N)c1NCC(O)C(CC)CC. The highest BCUT2D eigenvalue weighted by molar-refractivity contribution is 5.64. The van der Waals surface area contributed by atoms with Gasteiger partial charge in [-0.2, -0.15) is 5.10 Å². The highest BCUT2D eigenvalue weighted by Crippen LogP contribution is 2.23. The molecule has 110 valence electrons. The van der Waals surface area contributed by atoms with Gasteiger partial charge < -0.3 is 16.2 Å². The van der Waals surface area contributed by atoms with Crippen molar-refractivity contribution in [2.45, 2.75) is 59.6 Å². The Hall–Kier alpha value is -1.23. The number of rotatable bonds is 8. The number of nitrogen functional groups attached to an aromatic ring is 1. The largest absolute Gasteiger partial charge is 0.394 e. The van der Waals surface area contributed by atoms with E-state index in [9.17, 15) is 5.11 Å². The van der Waals surface area contributed by atoms with E-state index in [1.54, 1.807) is 0 Å². The van der Waals surface area contributed by atoms with E-state index in [2.05, 4.69) is 31.2 Å². The summed E-state index contributed by atoms with van der Waals surface area (Å²) in [5, 5.41) is 17.8. The number of aliphatic hydroxyl groups excluding tert-OH is 1. The van der Waals surface area contributed by atoms with Crippen LogP contribution in [-0.2, 0) is 6.54 Å². The van der Waals surface area contributed by atoms with Gasteiger partial charge in [-0.05, 0) is 19.3 Å². The molecule has 1 aromatic rings. The molecular formula is C14H28N4O. The van der Waals surface area contributed by atoms with Crippen LogP contribution < -0.4 is 11.1 Å². The Bertz CT molecular complexity index is 385. The van der Waals surface area contributed by atoms with Gasteiger partial charge in [-0.25, -0.2) is 4.68 Å². The third kappa shape index (κ3) is 3.86. The summed E-state index contributed by atoms with van der Waals surface area (Å²) in [4.78, 5) is 0. The molecule has 1 unspecified atom stereocenters. The number of nitrogens with one attached hydrogen (secondary N) is 1. The van der Waals surface area contributed by atoms with Crippen LogP contribution in [-0.4, -0.2) is 27.5 Å². The number of hydrogen-bond acceptors (Lipinski definition) is 4. The lowest BCUT2D eigenvalue weighted by atomic mass is 9.96. The lowest BCUT2D eigenvalue weighted by molar-refractivity contribution is 0.114. The lowest BCUT2D eigenvalue weighted by Gasteiger charge is -2.21. The predicted molar refractivity (Wildman–Crippen MR) is 80.2 cm³/mol. The molecule has 0 saturated heterocycles. The van der Waals surface area contributed by atoms with Gasteiger partial charge in [0, 0.05) is 13.1 Å². The van der Waals surface area contributed by atoms with E-state index in [1.165, 1.54) is 0 Å². The topological polar surface area (TPSA) is 76.1 Å². The number of aryl methyl sites for hydroxylation is 2. The first-order chi connectivity index (χ1) is 9.04. The summed E-state index contributed by atoms with van der Waals surface area (Å²) in [5.74, 6) is 1.17. The van der Waals surface area contributed by atoms with Crippen molar-refractivity contribution in [3.8, 4) is 0 Å². The molecule has 1 rings (SSSR count). The Morgan fingerprint density at radius 1 is 1.32 bits per heavy atom. The van der Waals surface area contributed by atoms with E-state index in [4.69, 9.17) is 5.73 Å². The maximum Gasteiger partial charge on any atom is 0.148 e. The molecule has 0 aliphatic heterocycles. The van der Waals surface area contributed by atoms with Crippen LogP contribution in [0.3, 0.4) is 0 Å². The fourth-order valence-electron chi connectivity index (χ4n) is 2.36. The van der Waals surface area contributed by atoms with Crippen molar-refractivity contribution in [3.63, 3.8) is 0 Å². The summed E-state index contributed by atoms with van der Waals surface area (Å²) in [6, 6.07) is 0. The normalized spacial score (nSPS) is 12.9. The van der Waals surface area contributed by atoms with Crippen LogP contribution in [0, 0.1) is 12.8 Å². The molecule has 1 atom stereocenters. The van der Waals surface area contributed by atoms with Gasteiger partial charge in [0.2, 0.25) is 0 Å². The van der Waals surface area contributed by atoms with Crippen LogP contribution in [0.5, 0.6) is 0 Å². The smallest absolute Gasteiger partial charge is 0.148 e. The Morgan fingerprint density at radius 2 is 1.95 bits per heavy atom. The molecular weight excluding hydrogens is 240 g/mol. The van der Waals surface area contributed by atoms with Crippen molar-refractivity contribution in [2.75, 3.05) is 17.6 Å². The van der Waals surface area contributed by atoms with Crippen LogP contribution in [0.2, 0.25) is 0 Å². The molecule has 1 heterocycles. The van der Waals surface area contributed by atoms with Gasteiger partial charge in [-0.15, -0.1) is 0 Å². The van der Waals surface area contributed by atoms with Crippen molar-refractivity contribution in [3.05, 3.63) is 5.69 Å². The molecule has 0 radical (unpaired) electrons. The average Bonchev–Trinajstić information content (AvgIpc) is 2.65. The summed E-state index contributed by atoms with van der Waals surface area (Å²) < 4.78 is 1.89. The van der Waals surface area contributed by atoms with Crippen LogP contribution >= 0.6 is 0 Å². The van der Waals surface area contributed by atoms with Crippen molar-refractivity contribution in [2.24, 2.45) is 5.92 Å². The molecule has 19 heavy (non-hydrogen) atoms. The van der Waals surface area contributed by atoms with Gasteiger partial charge in [0.1, 0.15) is 5.82 Å². The van der Waals surface area contributed by atoms with Crippen molar-refractivity contribution >= 4 is 11.5 Å². The zero-order valence-electron chi connectivity index (χ0n) is 12.6. The van der Waals surface area contributed by atoms with Crippen molar-refractivity contribution in [1.82, 2.24) is 9.78 Å². The van der Waals surface area contributed by atoms with Crippen LogP contribution in [0.25, 0.3) is 0 Å². The van der Waals surface area contributed by atoms with Crippen LogP contribution in [0.15, 0.2) is 0 Å². The van der Waals surface area contributed by atoms with E-state index in [0.29, 0.717) is 18.2 Å². The van der Waals surface area contributed by atoms with E-state index >= 15 is 0 Å². The lowest BCUT2D eigenvalue weighted by Crippen LogP contribution is -2.28. The minimum atomic E-state index is -0.348. The zero-order valence-corrected chi connectivity index (χ0v) is 12.6. The second-order valence-electron chi connectivity index (χ2n) is 5.10. The van der Waals surface area contributed by atoms with E-state index in [1.807, 2.05) is 11.6 Å². The number of hydrogen-bond donors (Lipinski definition) is 3. The molecule has 0 aliphatic carbocycles. The molecule has 4 N–H and O–H groups in total. The highest BCUT2D eigenvalue weighted by Gasteiger charge is 2.17. The predicted octanol–water partition coefficient (Wildman–Crippen LogP) is 2.39. The summed E-state index contributed by atoms with van der Waals surface area (Å²) in [6.07, 6.45) is 2.63. The minimum Gasteiger partial charge on any atom is -0.394 e. The van der Waals surface area contributed by atoms with Crippen molar-refractivity contribution in [1.29, 1.82) is 0 Å². The minimum absolute atomic E-state index is 0.331. The Morgan fingerprint density at radius 3 is 2.47 bits per heavy atom. The molecule has 0 amide bonds. The van der Waals surface area contributed by atoms with Gasteiger partial charge in [0.15, 0.2) is 0 Å². The average molecular weight is 268 g/mol. The van der Waals surface area contributed by atoms with E-state index in [-0.39, 0.29) is 6.10 Å². The standard InChI is InChI=1S/C14H28N4O/c1-5-8-18-14(13(15)10(4)17-18)16-9-12(19)11(6-2)7-3/h11-12,16,19H,5-9,15H2,1-4H3. The van der Waals surface area contributed by atoms with Gasteiger partial charge in [0.05, 0.1) is 17.5 Å². The second kappa shape index (κ2) is 7.38. The van der Waals surface area contributed by atoms with E-state index in [0.717, 1.165) is 37.3 Å². The zero-order chi connectivity index (χ0) is 14.4. The van der Waals surface area contributed by atoms with Gasteiger partial charge in [-0.3, -0.25) is 0 Å². The molecule has 5 heteroatoms. The summed E-state index contributed by atoms with van der Waals surface area (Å²) in [7, 11) is 0. The maximum absolute atomic E-state index is 10.2. The second-order valence-corrected chi connectivity index (χ2v) is 5.10. The third-order valence-corrected chi connectivity index (χ3v) is 3.68. The number of nitrogens with two attached hydrogens (primary N) is 1. The number of aromatic nitrogens is 2. The third-order valence-electron chi connectivity index (χ3n) is 3.68. The number of nitrogens with zero attached hydrogens (tertiary/aromatic N) is 2. The Labute approximate surface area is 116 Å². The molecule has 1 aromatic heterocycles. The quantitative estimate of drug-likeness (QED) is 0.676. The van der Waals surface area contributed by atoms with Crippen LogP contribution in [0.4, 0.5) is 11.5 Å². The first-order valence-corrected chi connectivity index (χ1v) is 7.29. The van der Waals surface area contributed by atoms with Gasteiger partial charge in [-0.1, -0.05) is 33.6 Å². The molecule has 0 aliphatic rings. The Balaban J connectivity index is 2.71. The Kier molecular flexibility index (Phi) is 6.15. The number of aliphatic hydroxyl groups is 1. The molecule has 0 fully saturated rings. The monoisotopic (exact) mass is 268 g/mol. The fourth-order valence-corrected chi connectivity index (χ4v) is 2.36. The molecule has 0 spiro atoms. The van der Waals surface area contributed by atoms with Gasteiger partial charge >= 0.3 is 0 Å². The molecule has 0 aromatic carbocycles. The van der Waals surface area contributed by atoms with Crippen LogP contribution in [0.1, 0.15) is 45.7 Å². The maximum atomic E-state index is 10.2. The molecule has 0 bridgehead atoms. The summed E-state index contributed by atoms with van der Waals surface area (Å²) in [6.45, 7) is 9.58. The first-order valence-electron chi connectivity index (χ1n) is 7.29. The fraction of sp³-hybridized carbons (Fsp3) is 0.786. The molecule has 5 nitrogen and oxygen atoms in total. The van der Waals surface area contributed by atoms with Crippen molar-refractivity contribution < 1.29 is 5.11 Å². The molecule has 0 saturated carbocycles. The summed E-state index contributed by atoms with van der Waals surface area (Å²) in [5.41, 5.74) is 7.56. The highest BCUT2D eigenvalue weighted by atomic mass is 16.3. The summed E-state index contributed by atoms with van der Waals surface area (Å²) >= 11 is 0. The van der Waals surface area contributed by atoms with Gasteiger partial charge in [0.25, 0.3) is 0 Å². The van der Waals surface area contributed by atoms with E-state index < -0.39 is 0 Å².